The summed E-state index contributed by atoms with van der Waals surface area (Å²) in [5, 5.41) is 2.77. The zero-order valence-electron chi connectivity index (χ0n) is 14.6. The van der Waals surface area contributed by atoms with Gasteiger partial charge in [-0.3, -0.25) is 9.59 Å². The van der Waals surface area contributed by atoms with Gasteiger partial charge < -0.3 is 15.0 Å². The lowest BCUT2D eigenvalue weighted by molar-refractivity contribution is -0.153. The van der Waals surface area contributed by atoms with Crippen molar-refractivity contribution in [1.29, 1.82) is 0 Å². The third kappa shape index (κ3) is 5.93. The van der Waals surface area contributed by atoms with E-state index in [2.05, 4.69) is 5.32 Å². The first-order valence-electron chi connectivity index (χ1n) is 8.66. The molecule has 5 nitrogen and oxygen atoms in total. The summed E-state index contributed by atoms with van der Waals surface area (Å²) in [6.07, 6.45) is -1.67. The number of amides is 2. The number of hydrogen-bond acceptors (Lipinski definition) is 3. The molecule has 1 fully saturated rings. The largest absolute Gasteiger partial charge is 0.484 e. The van der Waals surface area contributed by atoms with Crippen molar-refractivity contribution < 1.29 is 27.5 Å². The van der Waals surface area contributed by atoms with E-state index < -0.39 is 18.8 Å². The van der Waals surface area contributed by atoms with E-state index in [1.807, 2.05) is 0 Å². The predicted octanol–water partition coefficient (Wildman–Crippen LogP) is 3.04. The molecular formula is C18H23F3N2O3. The van der Waals surface area contributed by atoms with Crippen molar-refractivity contribution in [1.82, 2.24) is 10.2 Å². The Bertz CT molecular complexity index is 634. The number of rotatable bonds is 6. The average molecular weight is 372 g/mol. The van der Waals surface area contributed by atoms with Crippen LogP contribution in [0.4, 0.5) is 13.2 Å². The van der Waals surface area contributed by atoms with Gasteiger partial charge in [-0.05, 0) is 37.0 Å². The number of nitrogens with zero attached hydrogens (tertiary/aromatic N) is 1. The SMILES string of the molecule is CCC(=O)N1CCCC[C@@H]1C(=O)NCc1cccc(OCC(F)(F)F)c1. The number of carbonyl (C=O) groups is 2. The predicted molar refractivity (Wildman–Crippen MR) is 89.5 cm³/mol. The van der Waals surface area contributed by atoms with Crippen molar-refractivity contribution in [2.24, 2.45) is 0 Å². The van der Waals surface area contributed by atoms with E-state index in [0.717, 1.165) is 12.8 Å². The van der Waals surface area contributed by atoms with Crippen LogP contribution in [0.2, 0.25) is 0 Å². The molecule has 144 valence electrons. The summed E-state index contributed by atoms with van der Waals surface area (Å²) in [7, 11) is 0. The van der Waals surface area contributed by atoms with E-state index in [0.29, 0.717) is 24.9 Å². The van der Waals surface area contributed by atoms with Gasteiger partial charge in [-0.25, -0.2) is 0 Å². The number of likely N-dealkylation sites (tertiary alicyclic amines) is 1. The lowest BCUT2D eigenvalue weighted by Gasteiger charge is -2.34. The van der Waals surface area contributed by atoms with E-state index in [1.54, 1.807) is 24.0 Å². The van der Waals surface area contributed by atoms with Crippen LogP contribution < -0.4 is 10.1 Å². The Morgan fingerprint density at radius 2 is 2.08 bits per heavy atom. The van der Waals surface area contributed by atoms with E-state index in [1.165, 1.54) is 12.1 Å². The second-order valence-corrected chi connectivity index (χ2v) is 6.22. The highest BCUT2D eigenvalue weighted by atomic mass is 19.4. The summed E-state index contributed by atoms with van der Waals surface area (Å²) in [6, 6.07) is 5.67. The molecule has 0 aromatic heterocycles. The lowest BCUT2D eigenvalue weighted by atomic mass is 10.0. The summed E-state index contributed by atoms with van der Waals surface area (Å²) < 4.78 is 41.4. The second kappa shape index (κ2) is 8.91. The fourth-order valence-corrected chi connectivity index (χ4v) is 2.92. The van der Waals surface area contributed by atoms with Crippen LogP contribution >= 0.6 is 0 Å². The summed E-state index contributed by atoms with van der Waals surface area (Å²) in [5.41, 5.74) is 0.627. The van der Waals surface area contributed by atoms with Gasteiger partial charge in [-0.2, -0.15) is 13.2 Å². The van der Waals surface area contributed by atoms with Gasteiger partial charge in [0.05, 0.1) is 0 Å². The van der Waals surface area contributed by atoms with Crippen LogP contribution in [0.1, 0.15) is 38.2 Å². The Labute approximate surface area is 150 Å². The fourth-order valence-electron chi connectivity index (χ4n) is 2.92. The Hall–Kier alpha value is -2.25. The maximum absolute atomic E-state index is 12.5. The number of nitrogens with one attached hydrogen (secondary N) is 1. The molecule has 0 spiro atoms. The molecule has 2 rings (SSSR count). The molecule has 1 aromatic carbocycles. The van der Waals surface area contributed by atoms with Gasteiger partial charge >= 0.3 is 6.18 Å². The summed E-state index contributed by atoms with van der Waals surface area (Å²) in [4.78, 5) is 26.1. The molecule has 0 unspecified atom stereocenters. The van der Waals surface area contributed by atoms with E-state index in [4.69, 9.17) is 4.74 Å². The molecule has 26 heavy (non-hydrogen) atoms. The molecule has 0 saturated carbocycles. The highest BCUT2D eigenvalue weighted by Crippen LogP contribution is 2.20. The van der Waals surface area contributed by atoms with Crippen molar-refractivity contribution in [3.8, 4) is 5.75 Å². The lowest BCUT2D eigenvalue weighted by Crippen LogP contribution is -2.51. The average Bonchev–Trinajstić information content (AvgIpc) is 2.63. The third-order valence-corrected chi connectivity index (χ3v) is 4.20. The standard InChI is InChI=1S/C18H23F3N2O3/c1-2-16(24)23-9-4-3-8-15(23)17(25)22-11-13-6-5-7-14(10-13)26-12-18(19,20)21/h5-7,10,15H,2-4,8-9,11-12H2,1H3,(H,22,25)/t15-/m1/s1. The van der Waals surface area contributed by atoms with Crippen LogP contribution in [-0.4, -0.2) is 42.1 Å². The summed E-state index contributed by atoms with van der Waals surface area (Å²) in [6.45, 7) is 1.13. The fraction of sp³-hybridized carbons (Fsp3) is 0.556. The van der Waals surface area contributed by atoms with Crippen LogP contribution in [0, 0.1) is 0 Å². The number of hydrogen-bond donors (Lipinski definition) is 1. The van der Waals surface area contributed by atoms with Gasteiger partial charge in [0.2, 0.25) is 11.8 Å². The minimum Gasteiger partial charge on any atom is -0.484 e. The summed E-state index contributed by atoms with van der Waals surface area (Å²) in [5.74, 6) is -0.199. The Balaban J connectivity index is 1.93. The maximum atomic E-state index is 12.5. The molecular weight excluding hydrogens is 349 g/mol. The van der Waals surface area contributed by atoms with Gasteiger partial charge in [0, 0.05) is 19.5 Å². The Morgan fingerprint density at radius 3 is 2.77 bits per heavy atom. The van der Waals surface area contributed by atoms with Gasteiger partial charge in [-0.15, -0.1) is 0 Å². The molecule has 0 bridgehead atoms. The zero-order valence-corrected chi connectivity index (χ0v) is 14.6. The molecule has 0 aliphatic carbocycles. The first-order valence-corrected chi connectivity index (χ1v) is 8.66. The Morgan fingerprint density at radius 1 is 1.31 bits per heavy atom. The van der Waals surface area contributed by atoms with Gasteiger partial charge in [0.15, 0.2) is 6.61 Å². The monoisotopic (exact) mass is 372 g/mol. The van der Waals surface area contributed by atoms with E-state index >= 15 is 0 Å². The van der Waals surface area contributed by atoms with E-state index in [-0.39, 0.29) is 24.1 Å². The number of benzene rings is 1. The number of carbonyl (C=O) groups excluding carboxylic acids is 2. The van der Waals surface area contributed by atoms with Crippen molar-refractivity contribution in [2.45, 2.75) is 51.4 Å². The normalized spacial score (nSPS) is 17.7. The van der Waals surface area contributed by atoms with Crippen LogP contribution in [0.5, 0.6) is 5.75 Å². The molecule has 1 saturated heterocycles. The third-order valence-electron chi connectivity index (χ3n) is 4.20. The molecule has 1 aliphatic heterocycles. The topological polar surface area (TPSA) is 58.6 Å². The highest BCUT2D eigenvalue weighted by molar-refractivity contribution is 5.87. The number of halogens is 3. The number of alkyl halides is 3. The molecule has 1 N–H and O–H groups in total. The van der Waals surface area contributed by atoms with Crippen molar-refractivity contribution in [3.63, 3.8) is 0 Å². The minimum atomic E-state index is -4.40. The van der Waals surface area contributed by atoms with Crippen LogP contribution in [-0.2, 0) is 16.1 Å². The van der Waals surface area contributed by atoms with Crippen LogP contribution in [0.3, 0.4) is 0 Å². The minimum absolute atomic E-state index is 0.0487. The van der Waals surface area contributed by atoms with Crippen LogP contribution in [0.15, 0.2) is 24.3 Å². The molecule has 0 radical (unpaired) electrons. The zero-order chi connectivity index (χ0) is 19.2. The smallest absolute Gasteiger partial charge is 0.422 e. The van der Waals surface area contributed by atoms with Gasteiger partial charge in [0.25, 0.3) is 0 Å². The quantitative estimate of drug-likeness (QED) is 0.835. The molecule has 1 heterocycles. The van der Waals surface area contributed by atoms with E-state index in [9.17, 15) is 22.8 Å². The second-order valence-electron chi connectivity index (χ2n) is 6.22. The maximum Gasteiger partial charge on any atom is 0.422 e. The first-order chi connectivity index (χ1) is 12.3. The molecule has 1 atom stereocenters. The van der Waals surface area contributed by atoms with Crippen LogP contribution in [0.25, 0.3) is 0 Å². The number of piperidine rings is 1. The van der Waals surface area contributed by atoms with Crippen molar-refractivity contribution in [3.05, 3.63) is 29.8 Å². The van der Waals surface area contributed by atoms with Gasteiger partial charge in [0.1, 0.15) is 11.8 Å². The highest BCUT2D eigenvalue weighted by Gasteiger charge is 2.31. The van der Waals surface area contributed by atoms with Crippen molar-refractivity contribution >= 4 is 11.8 Å². The molecule has 8 heteroatoms. The van der Waals surface area contributed by atoms with Gasteiger partial charge in [-0.1, -0.05) is 19.1 Å². The number of ether oxygens (including phenoxy) is 1. The molecule has 2 amide bonds. The first kappa shape index (κ1) is 20.1. The Kier molecular flexibility index (Phi) is 6.88. The molecule has 1 aromatic rings. The van der Waals surface area contributed by atoms with Crippen molar-refractivity contribution in [2.75, 3.05) is 13.2 Å². The summed E-state index contributed by atoms with van der Waals surface area (Å²) >= 11 is 0. The molecule has 1 aliphatic rings.